The van der Waals surface area contributed by atoms with Gasteiger partial charge in [0.1, 0.15) is 0 Å². The average molecular weight is 933 g/mol. The molecular weight excluding hydrogens is 859 g/mol. The molecule has 1 saturated heterocycles. The van der Waals surface area contributed by atoms with Gasteiger partial charge in [0.2, 0.25) is 0 Å². The van der Waals surface area contributed by atoms with Crippen LogP contribution >= 0.6 is 0 Å². The molecule has 4 aliphatic carbocycles. The molecule has 324 valence electrons. The third-order valence-electron chi connectivity index (χ3n) is 15.8. The van der Waals surface area contributed by atoms with E-state index in [9.17, 15) is 0 Å². The van der Waals surface area contributed by atoms with Crippen LogP contribution in [-0.4, -0.2) is 0 Å². The minimum absolute atomic E-state index is 0. The minimum Gasteiger partial charge on any atom is -1.00 e. The fraction of sp³-hybridized carbons (Fsp3) is 0.517. The van der Waals surface area contributed by atoms with Gasteiger partial charge < -0.3 is 24.8 Å². The van der Waals surface area contributed by atoms with Gasteiger partial charge in [0, 0.05) is 0 Å². The first-order valence-corrected chi connectivity index (χ1v) is 30.1. The number of rotatable bonds is 6. The molecule has 3 fully saturated rings. The van der Waals surface area contributed by atoms with Crippen molar-refractivity contribution in [1.29, 1.82) is 0 Å². The number of allylic oxidation sites excluding steroid dienone is 2. The largest absolute Gasteiger partial charge is 1.00 e. The molecule has 2 unspecified atom stereocenters. The third kappa shape index (κ3) is 8.59. The predicted octanol–water partition coefficient (Wildman–Crippen LogP) is 11.2. The molecule has 0 aromatic heterocycles. The van der Waals surface area contributed by atoms with E-state index in [-0.39, 0.29) is 46.5 Å². The molecule has 9 rings (SSSR count). The Hall–Kier alpha value is -2.18. The van der Waals surface area contributed by atoms with Crippen LogP contribution in [0, 0.1) is 11.8 Å². The van der Waals surface area contributed by atoms with E-state index < -0.39 is 20.3 Å². The summed E-state index contributed by atoms with van der Waals surface area (Å²) < 4.78 is 4.45. The second kappa shape index (κ2) is 16.7. The van der Waals surface area contributed by atoms with Gasteiger partial charge in [-0.15, -0.1) is 0 Å². The number of fused-ring (bicyclic) bond motifs is 2. The van der Waals surface area contributed by atoms with E-state index in [1.54, 1.807) is 22.3 Å². The summed E-state index contributed by atoms with van der Waals surface area (Å²) >= 11 is -2.99. The number of halogens is 2. The van der Waals surface area contributed by atoms with E-state index in [1.807, 2.05) is 11.1 Å². The van der Waals surface area contributed by atoms with Crippen LogP contribution in [0.2, 0.25) is 8.26 Å². The molecule has 4 aromatic carbocycles. The van der Waals surface area contributed by atoms with Gasteiger partial charge in [-0.25, -0.2) is 0 Å². The first-order valence-electron chi connectivity index (χ1n) is 23.8. The molecule has 0 bridgehead atoms. The maximum atomic E-state index is 2.82. The van der Waals surface area contributed by atoms with Crippen LogP contribution in [0.5, 0.6) is 0 Å². The van der Waals surface area contributed by atoms with Gasteiger partial charge in [0.05, 0.1) is 0 Å². The van der Waals surface area contributed by atoms with Crippen LogP contribution in [0.1, 0.15) is 186 Å². The molecule has 3 heteroatoms. The fourth-order valence-electron chi connectivity index (χ4n) is 12.0. The van der Waals surface area contributed by atoms with Crippen LogP contribution in [-0.2, 0) is 41.9 Å². The van der Waals surface area contributed by atoms with Gasteiger partial charge in [0.25, 0.3) is 0 Å². The predicted molar refractivity (Wildman–Crippen MR) is 254 cm³/mol. The van der Waals surface area contributed by atoms with Crippen molar-refractivity contribution < 1.29 is 45.1 Å². The molecule has 0 amide bonds. The first kappa shape index (κ1) is 46.8. The summed E-state index contributed by atoms with van der Waals surface area (Å²) in [5.41, 5.74) is 22.4. The van der Waals surface area contributed by atoms with Gasteiger partial charge in [-0.05, 0) is 0 Å². The number of hydrogen-bond donors (Lipinski definition) is 0. The first-order chi connectivity index (χ1) is 27.7. The molecule has 61 heavy (non-hydrogen) atoms. The monoisotopic (exact) mass is 930 g/mol. The molecule has 5 aliphatic rings. The average Bonchev–Trinajstić information content (AvgIpc) is 3.70. The Balaban J connectivity index is 0.00000281. The zero-order chi connectivity index (χ0) is 41.9. The number of hydrogen-bond acceptors (Lipinski definition) is 0. The van der Waals surface area contributed by atoms with Crippen LogP contribution < -0.4 is 24.8 Å². The van der Waals surface area contributed by atoms with Gasteiger partial charge in [0.15, 0.2) is 0 Å². The Morgan fingerprint density at radius 3 is 1.02 bits per heavy atom. The van der Waals surface area contributed by atoms with Gasteiger partial charge in [-0.3, -0.25) is 0 Å². The SMILES string of the molecule is CC(C)(C)c1cc(-c2cccc3c2C=C(C2CCCC2)[CH]3[Zr+2]2([CH]3C(C4CCCC4)=Cc4c(-c5cc(C(C)(C)C)cc(C(C)(C)C)c5)cccc43)[CH2][CH2]2)cc(C(C)(C)C)c1.[Cl-].[Cl-]. The fourth-order valence-corrected chi connectivity index (χ4v) is 29.7. The Morgan fingerprint density at radius 2 is 0.738 bits per heavy atom. The van der Waals surface area contributed by atoms with Crippen LogP contribution in [0.25, 0.3) is 34.4 Å². The van der Waals surface area contributed by atoms with Crippen LogP contribution in [0.3, 0.4) is 0 Å². The quantitative estimate of drug-likeness (QED) is 0.181. The molecule has 2 atom stereocenters. The molecule has 1 heterocycles. The molecule has 0 nitrogen and oxygen atoms in total. The molecular formula is C58H74Cl2Zr. The van der Waals surface area contributed by atoms with Crippen molar-refractivity contribution in [2.75, 3.05) is 0 Å². The van der Waals surface area contributed by atoms with E-state index in [4.69, 9.17) is 0 Å². The molecule has 0 spiro atoms. The molecule has 1 aliphatic heterocycles. The summed E-state index contributed by atoms with van der Waals surface area (Å²) in [6.07, 6.45) is 16.8. The van der Waals surface area contributed by atoms with E-state index in [2.05, 4.69) is 168 Å². The summed E-state index contributed by atoms with van der Waals surface area (Å²) in [6.45, 7) is 28.6. The summed E-state index contributed by atoms with van der Waals surface area (Å²) in [7, 11) is 0. The molecule has 0 radical (unpaired) electrons. The van der Waals surface area contributed by atoms with E-state index >= 15 is 0 Å². The molecule has 0 N–H and O–H groups in total. The van der Waals surface area contributed by atoms with Crippen molar-refractivity contribution in [3.05, 3.63) is 128 Å². The van der Waals surface area contributed by atoms with Crippen LogP contribution in [0.15, 0.2) is 83.9 Å². The maximum absolute atomic E-state index is 2.99. The Kier molecular flexibility index (Phi) is 12.8. The van der Waals surface area contributed by atoms with Gasteiger partial charge in [-0.2, -0.15) is 0 Å². The summed E-state index contributed by atoms with van der Waals surface area (Å²) in [4.78, 5) is 0. The molecule has 2 saturated carbocycles. The smallest absolute Gasteiger partial charge is 1.00 e. The standard InChI is InChI=1S/2C28H35.C2H4.2ClH.Zr/c2*1-27(2,3)23-15-22(16-24(18-23)28(4,5)6)25-13-9-12-20-14-21(17-26(20)25)19-10-7-8-11-19;1-2;;;/h2*9,12-19H,7-8,10-11H2,1-6H3;1-2H2;2*1H;/q;;;;;+2/p-2. The van der Waals surface area contributed by atoms with E-state index in [1.165, 1.54) is 104 Å². The normalized spacial score (nSPS) is 20.9. The molecule has 4 aromatic rings. The van der Waals surface area contributed by atoms with Crippen molar-refractivity contribution >= 4 is 12.2 Å². The summed E-state index contributed by atoms with van der Waals surface area (Å²) in [5, 5.41) is 0. The van der Waals surface area contributed by atoms with E-state index in [0.29, 0.717) is 7.25 Å². The maximum Gasteiger partial charge on any atom is -1.00 e. The van der Waals surface area contributed by atoms with Crippen molar-refractivity contribution in [2.45, 2.75) is 172 Å². The van der Waals surface area contributed by atoms with Crippen molar-refractivity contribution in [3.8, 4) is 22.3 Å². The second-order valence-corrected chi connectivity index (χ2v) is 35.4. The Bertz CT molecular complexity index is 2120. The van der Waals surface area contributed by atoms with E-state index in [0.717, 1.165) is 11.8 Å². The minimum atomic E-state index is -2.99. The number of benzene rings is 4. The topological polar surface area (TPSA) is 0 Å². The second-order valence-electron chi connectivity index (χ2n) is 24.1. The van der Waals surface area contributed by atoms with Gasteiger partial charge in [-0.1, -0.05) is 0 Å². The van der Waals surface area contributed by atoms with Crippen molar-refractivity contribution in [3.63, 3.8) is 0 Å². The van der Waals surface area contributed by atoms with Crippen molar-refractivity contribution in [2.24, 2.45) is 11.8 Å². The summed E-state index contributed by atoms with van der Waals surface area (Å²) in [6, 6.07) is 30.3. The van der Waals surface area contributed by atoms with Crippen LogP contribution in [0.4, 0.5) is 0 Å². The summed E-state index contributed by atoms with van der Waals surface area (Å²) in [5.74, 6) is 1.50. The van der Waals surface area contributed by atoms with Crippen molar-refractivity contribution in [1.82, 2.24) is 0 Å². The van der Waals surface area contributed by atoms with Gasteiger partial charge >= 0.3 is 367 Å². The Morgan fingerprint density at radius 1 is 0.426 bits per heavy atom. The Labute approximate surface area is 388 Å². The zero-order valence-electron chi connectivity index (χ0n) is 39.7. The third-order valence-corrected chi connectivity index (χ3v) is 28.7. The zero-order valence-corrected chi connectivity index (χ0v) is 43.7.